The third-order valence-electron chi connectivity index (χ3n) is 5.06. The van der Waals surface area contributed by atoms with Crippen molar-refractivity contribution in [2.75, 3.05) is 37.5 Å². The molecule has 1 aliphatic heterocycles. The van der Waals surface area contributed by atoms with E-state index in [-0.39, 0.29) is 36.9 Å². The molecule has 1 aliphatic carbocycles. The standard InChI is InChI=1S/C16H25F2N5O/c1-10(11-6-16(17,18)7-11)21-12-8-23(9-13(12)24-3)14-4-5-20-15(19-2)22-14/h4-5,10-13,21H,6-9H2,1-3H3,(H,19,20,22)/t10?,12-,13+/m1/s1. The van der Waals surface area contributed by atoms with Gasteiger partial charge in [0.1, 0.15) is 5.82 Å². The van der Waals surface area contributed by atoms with Gasteiger partial charge in [-0.15, -0.1) is 0 Å². The van der Waals surface area contributed by atoms with Crippen molar-refractivity contribution in [2.24, 2.45) is 5.92 Å². The fourth-order valence-corrected chi connectivity index (χ4v) is 3.54. The molecule has 1 aromatic heterocycles. The van der Waals surface area contributed by atoms with E-state index in [0.717, 1.165) is 12.4 Å². The molecule has 134 valence electrons. The Labute approximate surface area is 141 Å². The molecule has 2 aliphatic rings. The van der Waals surface area contributed by atoms with Gasteiger partial charge in [-0.3, -0.25) is 0 Å². The Bertz CT molecular complexity index is 565. The van der Waals surface area contributed by atoms with Crippen LogP contribution in [0.25, 0.3) is 0 Å². The molecule has 24 heavy (non-hydrogen) atoms. The van der Waals surface area contributed by atoms with E-state index < -0.39 is 5.92 Å². The highest BCUT2D eigenvalue weighted by atomic mass is 19.3. The summed E-state index contributed by atoms with van der Waals surface area (Å²) in [5.74, 6) is -1.04. The van der Waals surface area contributed by atoms with E-state index in [1.54, 1.807) is 20.4 Å². The van der Waals surface area contributed by atoms with E-state index in [9.17, 15) is 8.78 Å². The zero-order chi connectivity index (χ0) is 17.3. The van der Waals surface area contributed by atoms with Gasteiger partial charge in [0.05, 0.1) is 12.1 Å². The van der Waals surface area contributed by atoms with E-state index in [2.05, 4.69) is 25.5 Å². The highest BCUT2D eigenvalue weighted by molar-refractivity contribution is 5.44. The Morgan fingerprint density at radius 2 is 2.12 bits per heavy atom. The van der Waals surface area contributed by atoms with Gasteiger partial charge >= 0.3 is 0 Å². The van der Waals surface area contributed by atoms with Crippen LogP contribution in [0.15, 0.2) is 12.3 Å². The smallest absolute Gasteiger partial charge is 0.248 e. The summed E-state index contributed by atoms with van der Waals surface area (Å²) in [6.45, 7) is 3.42. The molecule has 3 atom stereocenters. The van der Waals surface area contributed by atoms with Crippen LogP contribution in [0.1, 0.15) is 19.8 Å². The van der Waals surface area contributed by atoms with Crippen molar-refractivity contribution in [3.8, 4) is 0 Å². The molecule has 8 heteroatoms. The van der Waals surface area contributed by atoms with Crippen LogP contribution < -0.4 is 15.5 Å². The number of aromatic nitrogens is 2. The van der Waals surface area contributed by atoms with Crippen LogP contribution in [0.5, 0.6) is 0 Å². The number of rotatable bonds is 6. The number of ether oxygens (including phenoxy) is 1. The van der Waals surface area contributed by atoms with E-state index in [0.29, 0.717) is 12.5 Å². The predicted octanol–water partition coefficient (Wildman–Crippen LogP) is 1.75. The van der Waals surface area contributed by atoms with Crippen molar-refractivity contribution in [1.82, 2.24) is 15.3 Å². The van der Waals surface area contributed by atoms with Crippen LogP contribution in [-0.4, -0.2) is 61.3 Å². The lowest BCUT2D eigenvalue weighted by atomic mass is 9.76. The Balaban J connectivity index is 1.62. The van der Waals surface area contributed by atoms with Crippen LogP contribution in [0.2, 0.25) is 0 Å². The van der Waals surface area contributed by atoms with Gasteiger partial charge in [-0.05, 0) is 18.9 Å². The Morgan fingerprint density at radius 1 is 1.38 bits per heavy atom. The summed E-state index contributed by atoms with van der Waals surface area (Å²) < 4.78 is 31.8. The monoisotopic (exact) mass is 341 g/mol. The first-order valence-electron chi connectivity index (χ1n) is 8.34. The highest BCUT2D eigenvalue weighted by Crippen LogP contribution is 2.44. The maximum absolute atomic E-state index is 13.1. The SMILES string of the molecule is CNc1nccc(N2C[C@H](OC)[C@H](NC(C)C3CC(F)(F)C3)C2)n1. The molecule has 0 spiro atoms. The van der Waals surface area contributed by atoms with E-state index >= 15 is 0 Å². The van der Waals surface area contributed by atoms with Crippen LogP contribution in [-0.2, 0) is 4.74 Å². The van der Waals surface area contributed by atoms with Crippen molar-refractivity contribution in [1.29, 1.82) is 0 Å². The molecule has 0 radical (unpaired) electrons. The molecule has 2 N–H and O–H groups in total. The number of anilines is 2. The summed E-state index contributed by atoms with van der Waals surface area (Å²) in [5.41, 5.74) is 0. The highest BCUT2D eigenvalue weighted by Gasteiger charge is 2.48. The zero-order valence-corrected chi connectivity index (χ0v) is 14.3. The maximum Gasteiger partial charge on any atom is 0.248 e. The second-order valence-corrected chi connectivity index (χ2v) is 6.75. The molecule has 0 bridgehead atoms. The lowest BCUT2D eigenvalue weighted by molar-refractivity contribution is -0.119. The lowest BCUT2D eigenvalue weighted by Crippen LogP contribution is -2.52. The fourth-order valence-electron chi connectivity index (χ4n) is 3.54. The van der Waals surface area contributed by atoms with Gasteiger partial charge < -0.3 is 20.3 Å². The molecule has 1 saturated heterocycles. The van der Waals surface area contributed by atoms with Gasteiger partial charge in [0.15, 0.2) is 0 Å². The number of hydrogen-bond acceptors (Lipinski definition) is 6. The van der Waals surface area contributed by atoms with Gasteiger partial charge in [-0.25, -0.2) is 13.8 Å². The van der Waals surface area contributed by atoms with Crippen molar-refractivity contribution < 1.29 is 13.5 Å². The zero-order valence-electron chi connectivity index (χ0n) is 14.3. The molecule has 1 aromatic rings. The lowest BCUT2D eigenvalue weighted by Gasteiger charge is -2.40. The first-order chi connectivity index (χ1) is 11.4. The Morgan fingerprint density at radius 3 is 2.75 bits per heavy atom. The molecule has 2 fully saturated rings. The van der Waals surface area contributed by atoms with Crippen molar-refractivity contribution in [2.45, 2.75) is 43.9 Å². The summed E-state index contributed by atoms with van der Waals surface area (Å²) in [6.07, 6.45) is 1.68. The number of methoxy groups -OCH3 is 1. The molecule has 6 nitrogen and oxygen atoms in total. The second-order valence-electron chi connectivity index (χ2n) is 6.75. The van der Waals surface area contributed by atoms with E-state index in [4.69, 9.17) is 4.74 Å². The molecule has 2 heterocycles. The first-order valence-corrected chi connectivity index (χ1v) is 8.34. The molecule has 3 rings (SSSR count). The first kappa shape index (κ1) is 17.3. The molecular formula is C16H25F2N5O. The quantitative estimate of drug-likeness (QED) is 0.822. The van der Waals surface area contributed by atoms with Crippen LogP contribution in [0.3, 0.4) is 0 Å². The van der Waals surface area contributed by atoms with Crippen LogP contribution in [0, 0.1) is 5.92 Å². The van der Waals surface area contributed by atoms with Gasteiger partial charge in [0.2, 0.25) is 11.9 Å². The summed E-state index contributed by atoms with van der Waals surface area (Å²) in [4.78, 5) is 10.7. The number of halogens is 2. The average molecular weight is 341 g/mol. The summed E-state index contributed by atoms with van der Waals surface area (Å²) in [5, 5.41) is 6.42. The van der Waals surface area contributed by atoms with Gasteiger partial charge in [-0.1, -0.05) is 0 Å². The molecular weight excluding hydrogens is 316 g/mol. The minimum atomic E-state index is -2.48. The minimum absolute atomic E-state index is 0.000961. The van der Waals surface area contributed by atoms with Gasteiger partial charge in [0, 0.05) is 52.3 Å². The summed E-state index contributed by atoms with van der Waals surface area (Å²) in [7, 11) is 3.46. The van der Waals surface area contributed by atoms with E-state index in [1.165, 1.54) is 0 Å². The van der Waals surface area contributed by atoms with Crippen molar-refractivity contribution in [3.63, 3.8) is 0 Å². The Kier molecular flexibility index (Phi) is 4.87. The van der Waals surface area contributed by atoms with Gasteiger partial charge in [-0.2, -0.15) is 4.98 Å². The van der Waals surface area contributed by atoms with Gasteiger partial charge in [0.25, 0.3) is 0 Å². The fraction of sp³-hybridized carbons (Fsp3) is 0.750. The maximum atomic E-state index is 13.1. The Hall–Kier alpha value is -1.54. The summed E-state index contributed by atoms with van der Waals surface area (Å²) in [6, 6.07) is 2.00. The van der Waals surface area contributed by atoms with E-state index in [1.807, 2.05) is 13.0 Å². The molecule has 1 unspecified atom stereocenters. The number of alkyl halides is 2. The molecule has 0 aromatic carbocycles. The van der Waals surface area contributed by atoms with Crippen LogP contribution >= 0.6 is 0 Å². The minimum Gasteiger partial charge on any atom is -0.378 e. The predicted molar refractivity (Wildman–Crippen MR) is 88.6 cm³/mol. The average Bonchev–Trinajstić information content (AvgIpc) is 2.95. The topological polar surface area (TPSA) is 62.3 Å². The normalized spacial score (nSPS) is 27.8. The van der Waals surface area contributed by atoms with Crippen molar-refractivity contribution >= 4 is 11.8 Å². The number of nitrogens with one attached hydrogen (secondary N) is 2. The van der Waals surface area contributed by atoms with Crippen LogP contribution in [0.4, 0.5) is 20.5 Å². The third kappa shape index (κ3) is 3.59. The van der Waals surface area contributed by atoms with Crippen molar-refractivity contribution in [3.05, 3.63) is 12.3 Å². The molecule has 0 amide bonds. The molecule has 1 saturated carbocycles. The second kappa shape index (κ2) is 6.76. The number of nitrogens with zero attached hydrogens (tertiary/aromatic N) is 3. The largest absolute Gasteiger partial charge is 0.378 e. The summed E-state index contributed by atoms with van der Waals surface area (Å²) >= 11 is 0. The number of hydrogen-bond donors (Lipinski definition) is 2. The third-order valence-corrected chi connectivity index (χ3v) is 5.06.